The molecule has 1 rings (SSSR count). The van der Waals surface area contributed by atoms with Crippen LogP contribution in [0.15, 0.2) is 18.3 Å². The average molecular weight is 225 g/mol. The van der Waals surface area contributed by atoms with Crippen molar-refractivity contribution in [1.82, 2.24) is 4.98 Å². The van der Waals surface area contributed by atoms with E-state index in [9.17, 15) is 13.2 Å². The van der Waals surface area contributed by atoms with Gasteiger partial charge in [0, 0.05) is 12.7 Å². The maximum atomic E-state index is 11.8. The van der Waals surface area contributed by atoms with Crippen LogP contribution in [0.4, 0.5) is 19.0 Å². The van der Waals surface area contributed by atoms with Crippen molar-refractivity contribution in [2.24, 2.45) is 0 Å². The molecule has 1 aromatic heterocycles. The van der Waals surface area contributed by atoms with Crippen LogP contribution in [0.1, 0.15) is 6.42 Å². The van der Waals surface area contributed by atoms with Crippen LogP contribution in [0, 0.1) is 0 Å². The summed E-state index contributed by atoms with van der Waals surface area (Å²) < 4.78 is 35.3. The number of aromatic nitrogens is 1. The van der Waals surface area contributed by atoms with Crippen molar-refractivity contribution in [3.63, 3.8) is 0 Å². The molecule has 0 radical (unpaired) electrons. The van der Waals surface area contributed by atoms with Gasteiger partial charge in [-0.15, -0.1) is 0 Å². The normalized spacial score (nSPS) is 11.4. The SMILES string of the molecule is FC(F)(F)CCNc1ncccc1Cl. The molecular formula is C8H8ClF3N2. The van der Waals surface area contributed by atoms with Gasteiger partial charge in [0.05, 0.1) is 11.4 Å². The molecule has 1 aromatic rings. The van der Waals surface area contributed by atoms with E-state index >= 15 is 0 Å². The first-order valence-corrected chi connectivity index (χ1v) is 4.28. The number of alkyl halides is 3. The molecule has 0 aliphatic rings. The Bertz CT molecular complexity index is 301. The topological polar surface area (TPSA) is 24.9 Å². The molecule has 0 saturated heterocycles. The van der Waals surface area contributed by atoms with E-state index in [4.69, 9.17) is 11.6 Å². The highest BCUT2D eigenvalue weighted by atomic mass is 35.5. The van der Waals surface area contributed by atoms with Crippen molar-refractivity contribution in [1.29, 1.82) is 0 Å². The standard InChI is InChI=1S/C8H8ClF3N2/c9-6-2-1-4-13-7(6)14-5-3-8(10,11)12/h1-2,4H,3,5H2,(H,13,14). The summed E-state index contributed by atoms with van der Waals surface area (Å²) in [5.74, 6) is 0.276. The third kappa shape index (κ3) is 3.83. The number of pyridine rings is 1. The Kier molecular flexibility index (Phi) is 3.57. The van der Waals surface area contributed by atoms with E-state index in [2.05, 4.69) is 10.3 Å². The zero-order valence-corrected chi connectivity index (χ0v) is 7.86. The first-order chi connectivity index (χ1) is 6.49. The Balaban J connectivity index is 2.43. The molecule has 1 N–H and O–H groups in total. The van der Waals surface area contributed by atoms with Crippen LogP contribution in [0.3, 0.4) is 0 Å². The molecule has 0 spiro atoms. The minimum Gasteiger partial charge on any atom is -0.368 e. The molecule has 0 bridgehead atoms. The van der Waals surface area contributed by atoms with Gasteiger partial charge in [0.25, 0.3) is 0 Å². The highest BCUT2D eigenvalue weighted by molar-refractivity contribution is 6.32. The summed E-state index contributed by atoms with van der Waals surface area (Å²) in [6.07, 6.45) is -3.60. The number of nitrogens with one attached hydrogen (secondary N) is 1. The quantitative estimate of drug-likeness (QED) is 0.854. The minimum absolute atomic E-state index is 0.222. The fourth-order valence-electron chi connectivity index (χ4n) is 0.838. The predicted octanol–water partition coefficient (Wildman–Crippen LogP) is 3.10. The Morgan fingerprint density at radius 3 is 2.71 bits per heavy atom. The van der Waals surface area contributed by atoms with Gasteiger partial charge in [0.15, 0.2) is 0 Å². The summed E-state index contributed by atoms with van der Waals surface area (Å²) in [6, 6.07) is 3.17. The Labute approximate surface area is 84.1 Å². The monoisotopic (exact) mass is 224 g/mol. The molecule has 2 nitrogen and oxygen atoms in total. The predicted molar refractivity (Wildman–Crippen MR) is 48.4 cm³/mol. The first-order valence-electron chi connectivity index (χ1n) is 3.90. The fourth-order valence-corrected chi connectivity index (χ4v) is 1.03. The molecule has 78 valence electrons. The zero-order valence-electron chi connectivity index (χ0n) is 7.11. The van der Waals surface area contributed by atoms with Gasteiger partial charge < -0.3 is 5.32 Å². The molecule has 1 heterocycles. The second kappa shape index (κ2) is 4.50. The fraction of sp³-hybridized carbons (Fsp3) is 0.375. The lowest BCUT2D eigenvalue weighted by Gasteiger charge is -2.08. The van der Waals surface area contributed by atoms with Crippen molar-refractivity contribution >= 4 is 17.4 Å². The zero-order chi connectivity index (χ0) is 10.6. The minimum atomic E-state index is -4.16. The molecular weight excluding hydrogens is 217 g/mol. The molecule has 14 heavy (non-hydrogen) atoms. The van der Waals surface area contributed by atoms with Crippen molar-refractivity contribution in [3.8, 4) is 0 Å². The van der Waals surface area contributed by atoms with Crippen LogP contribution in [0.25, 0.3) is 0 Å². The summed E-state index contributed by atoms with van der Waals surface area (Å²) in [5.41, 5.74) is 0. The van der Waals surface area contributed by atoms with Crippen molar-refractivity contribution in [2.45, 2.75) is 12.6 Å². The van der Waals surface area contributed by atoms with Crippen LogP contribution < -0.4 is 5.32 Å². The Hall–Kier alpha value is -0.970. The summed E-state index contributed by atoms with van der Waals surface area (Å²) in [4.78, 5) is 3.79. The van der Waals surface area contributed by atoms with Gasteiger partial charge >= 0.3 is 6.18 Å². The molecule has 6 heteroatoms. The van der Waals surface area contributed by atoms with Crippen LogP contribution in [-0.4, -0.2) is 17.7 Å². The van der Waals surface area contributed by atoms with Crippen molar-refractivity contribution < 1.29 is 13.2 Å². The van der Waals surface area contributed by atoms with Crippen LogP contribution in [-0.2, 0) is 0 Å². The smallest absolute Gasteiger partial charge is 0.368 e. The number of anilines is 1. The molecule has 0 aliphatic heterocycles. The van der Waals surface area contributed by atoms with E-state index in [-0.39, 0.29) is 12.4 Å². The maximum absolute atomic E-state index is 11.8. The third-order valence-electron chi connectivity index (χ3n) is 1.46. The van der Waals surface area contributed by atoms with E-state index in [1.807, 2.05) is 0 Å². The summed E-state index contributed by atoms with van der Waals surface area (Å²) >= 11 is 5.67. The van der Waals surface area contributed by atoms with Gasteiger partial charge in [-0.3, -0.25) is 0 Å². The van der Waals surface area contributed by atoms with Gasteiger partial charge in [0.1, 0.15) is 5.82 Å². The van der Waals surface area contributed by atoms with Crippen molar-refractivity contribution in [3.05, 3.63) is 23.4 Å². The summed E-state index contributed by atoms with van der Waals surface area (Å²) in [6.45, 7) is -0.222. The highest BCUT2D eigenvalue weighted by Gasteiger charge is 2.26. The number of rotatable bonds is 3. The number of halogens is 4. The van der Waals surface area contributed by atoms with Gasteiger partial charge in [-0.05, 0) is 12.1 Å². The number of hydrogen-bond acceptors (Lipinski definition) is 2. The van der Waals surface area contributed by atoms with E-state index < -0.39 is 12.6 Å². The molecule has 0 aromatic carbocycles. The average Bonchev–Trinajstić information content (AvgIpc) is 2.06. The van der Waals surface area contributed by atoms with Gasteiger partial charge in [-0.25, -0.2) is 4.98 Å². The molecule has 0 amide bonds. The highest BCUT2D eigenvalue weighted by Crippen LogP contribution is 2.21. The number of hydrogen-bond donors (Lipinski definition) is 1. The lowest BCUT2D eigenvalue weighted by Crippen LogP contribution is -2.15. The first kappa shape index (κ1) is 11.1. The largest absolute Gasteiger partial charge is 0.390 e. The lowest BCUT2D eigenvalue weighted by molar-refractivity contribution is -0.131. The van der Waals surface area contributed by atoms with E-state index in [1.165, 1.54) is 6.20 Å². The van der Waals surface area contributed by atoms with Gasteiger partial charge in [-0.1, -0.05) is 11.6 Å². The molecule has 0 atom stereocenters. The summed E-state index contributed by atoms with van der Waals surface area (Å²) in [5, 5.41) is 2.82. The lowest BCUT2D eigenvalue weighted by atomic mass is 10.4. The summed E-state index contributed by atoms with van der Waals surface area (Å²) in [7, 11) is 0. The molecule has 0 aliphatic carbocycles. The number of nitrogens with zero attached hydrogens (tertiary/aromatic N) is 1. The van der Waals surface area contributed by atoms with Crippen LogP contribution >= 0.6 is 11.6 Å². The third-order valence-corrected chi connectivity index (χ3v) is 1.76. The second-order valence-electron chi connectivity index (χ2n) is 2.63. The Morgan fingerprint density at radius 2 is 2.14 bits per heavy atom. The van der Waals surface area contributed by atoms with Gasteiger partial charge in [-0.2, -0.15) is 13.2 Å². The van der Waals surface area contributed by atoms with Crippen molar-refractivity contribution in [2.75, 3.05) is 11.9 Å². The molecule has 0 saturated carbocycles. The Morgan fingerprint density at radius 1 is 1.43 bits per heavy atom. The van der Waals surface area contributed by atoms with E-state index in [0.717, 1.165) is 0 Å². The maximum Gasteiger partial charge on any atom is 0.390 e. The molecule has 0 fully saturated rings. The molecule has 0 unspecified atom stereocenters. The van der Waals surface area contributed by atoms with Gasteiger partial charge in [0.2, 0.25) is 0 Å². The van der Waals surface area contributed by atoms with Crippen LogP contribution in [0.2, 0.25) is 5.02 Å². The van der Waals surface area contributed by atoms with E-state index in [0.29, 0.717) is 5.02 Å². The second-order valence-corrected chi connectivity index (χ2v) is 3.03. The van der Waals surface area contributed by atoms with E-state index in [1.54, 1.807) is 12.1 Å². The van der Waals surface area contributed by atoms with Crippen LogP contribution in [0.5, 0.6) is 0 Å².